The van der Waals surface area contributed by atoms with Crippen LogP contribution in [0, 0.1) is 13.3 Å². The molecule has 2 aromatic rings. The van der Waals surface area contributed by atoms with Crippen molar-refractivity contribution >= 4 is 5.78 Å². The molecule has 0 spiro atoms. The number of benzene rings is 2. The molecule has 0 saturated heterocycles. The number of hydrogen-bond acceptors (Lipinski definition) is 1. The van der Waals surface area contributed by atoms with Crippen LogP contribution < -0.4 is 0 Å². The van der Waals surface area contributed by atoms with E-state index in [0.29, 0.717) is 0 Å². The van der Waals surface area contributed by atoms with Crippen LogP contribution in [0.15, 0.2) is 54.6 Å². The fourth-order valence-electron chi connectivity index (χ4n) is 1.58. The van der Waals surface area contributed by atoms with Crippen molar-refractivity contribution in [3.63, 3.8) is 0 Å². The van der Waals surface area contributed by atoms with Crippen LogP contribution >= 0.6 is 0 Å². The lowest BCUT2D eigenvalue weighted by Gasteiger charge is -2.01. The lowest BCUT2D eigenvalue weighted by molar-refractivity contribution is 0.103. The average Bonchev–Trinajstić information content (AvgIpc) is 2.30. The molecule has 1 nitrogen and oxygen atoms in total. The second kappa shape index (κ2) is 4.75. The molecule has 16 heavy (non-hydrogen) atoms. The van der Waals surface area contributed by atoms with E-state index in [0.717, 1.165) is 16.7 Å². The highest BCUT2D eigenvalue weighted by Gasteiger charge is 2.06. The number of carbonyl (C=O) groups excluding carboxylic acids is 1. The molecule has 0 aromatic heterocycles. The number of hydrogen-bond donors (Lipinski definition) is 0. The Morgan fingerprint density at radius 3 is 2.44 bits per heavy atom. The van der Waals surface area contributed by atoms with Gasteiger partial charge in [-0.15, -0.1) is 0 Å². The first-order chi connectivity index (χ1) is 7.75. The predicted octanol–water partition coefficient (Wildman–Crippen LogP) is 3.43. The largest absolute Gasteiger partial charge is 0.293 e. The van der Waals surface area contributed by atoms with E-state index in [1.54, 1.807) is 6.42 Å². The number of Topliss-reactive ketones (excluding diaryl/α,β-unsaturated/α-hetero) is 1. The van der Waals surface area contributed by atoms with Crippen LogP contribution in [0.5, 0.6) is 0 Å². The van der Waals surface area contributed by atoms with Gasteiger partial charge < -0.3 is 0 Å². The van der Waals surface area contributed by atoms with Crippen molar-refractivity contribution in [3.8, 4) is 0 Å². The summed E-state index contributed by atoms with van der Waals surface area (Å²) in [6.45, 7) is 1.99. The van der Waals surface area contributed by atoms with E-state index in [9.17, 15) is 4.79 Å². The zero-order valence-corrected chi connectivity index (χ0v) is 9.18. The van der Waals surface area contributed by atoms with E-state index < -0.39 is 0 Å². The summed E-state index contributed by atoms with van der Waals surface area (Å²) < 4.78 is 0. The minimum atomic E-state index is 0.0508. The van der Waals surface area contributed by atoms with Gasteiger partial charge >= 0.3 is 0 Å². The maximum absolute atomic E-state index is 11.9. The van der Waals surface area contributed by atoms with Gasteiger partial charge in [-0.05, 0) is 18.6 Å². The number of carbonyl (C=O) groups is 1. The predicted molar refractivity (Wildman–Crippen MR) is 65.4 cm³/mol. The minimum Gasteiger partial charge on any atom is -0.293 e. The van der Waals surface area contributed by atoms with Crippen molar-refractivity contribution < 1.29 is 4.79 Å². The molecule has 0 aliphatic rings. The second-order valence-corrected chi connectivity index (χ2v) is 3.79. The Labute approximate surface area is 95.7 Å². The number of ketones is 1. The fourth-order valence-corrected chi connectivity index (χ4v) is 1.58. The summed E-state index contributed by atoms with van der Waals surface area (Å²) in [6.07, 6.45) is 1.66. The average molecular weight is 209 g/mol. The molecule has 2 rings (SSSR count). The van der Waals surface area contributed by atoms with Crippen molar-refractivity contribution in [2.75, 3.05) is 0 Å². The zero-order valence-electron chi connectivity index (χ0n) is 9.18. The summed E-state index contributed by atoms with van der Waals surface area (Å²) in [7, 11) is 0. The molecular weight excluding hydrogens is 196 g/mol. The molecular formula is C15H13O. The highest BCUT2D eigenvalue weighted by atomic mass is 16.1. The summed E-state index contributed by atoms with van der Waals surface area (Å²) >= 11 is 0. The normalized spacial score (nSPS) is 10.1. The first kappa shape index (κ1) is 10.6. The molecule has 0 N–H and O–H groups in total. The van der Waals surface area contributed by atoms with Crippen molar-refractivity contribution in [1.82, 2.24) is 0 Å². The summed E-state index contributed by atoms with van der Waals surface area (Å²) in [5.41, 5.74) is 2.78. The highest BCUT2D eigenvalue weighted by molar-refractivity contribution is 6.04. The third-order valence-corrected chi connectivity index (χ3v) is 2.40. The molecule has 0 amide bonds. The monoisotopic (exact) mass is 209 g/mol. The Balaban J connectivity index is 2.15. The highest BCUT2D eigenvalue weighted by Crippen LogP contribution is 2.10. The fraction of sp³-hybridized carbons (Fsp3) is 0.0667. The van der Waals surface area contributed by atoms with Gasteiger partial charge in [0.1, 0.15) is 0 Å². The molecule has 0 aliphatic heterocycles. The third-order valence-electron chi connectivity index (χ3n) is 2.40. The first-order valence-electron chi connectivity index (χ1n) is 5.26. The van der Waals surface area contributed by atoms with Crippen molar-refractivity contribution in [2.45, 2.75) is 6.92 Å². The van der Waals surface area contributed by atoms with E-state index >= 15 is 0 Å². The van der Waals surface area contributed by atoms with Crippen LogP contribution in [0.2, 0.25) is 0 Å². The number of aryl methyl sites for hydroxylation is 1. The summed E-state index contributed by atoms with van der Waals surface area (Å²) in [5, 5.41) is 0. The van der Waals surface area contributed by atoms with Crippen molar-refractivity contribution in [3.05, 3.63) is 77.7 Å². The van der Waals surface area contributed by atoms with Gasteiger partial charge in [-0.1, -0.05) is 54.1 Å². The molecule has 0 heterocycles. The van der Waals surface area contributed by atoms with Crippen LogP contribution in [0.3, 0.4) is 0 Å². The topological polar surface area (TPSA) is 17.1 Å². The second-order valence-electron chi connectivity index (χ2n) is 3.79. The zero-order chi connectivity index (χ0) is 11.4. The Morgan fingerprint density at radius 1 is 1.00 bits per heavy atom. The molecule has 1 radical (unpaired) electrons. The van der Waals surface area contributed by atoms with Gasteiger partial charge in [0.25, 0.3) is 0 Å². The van der Waals surface area contributed by atoms with Gasteiger partial charge in [-0.2, -0.15) is 0 Å². The SMILES string of the molecule is Cc1cccc(C(=O)[CH]c2ccccc2)c1. The van der Waals surface area contributed by atoms with E-state index in [-0.39, 0.29) is 5.78 Å². The van der Waals surface area contributed by atoms with E-state index in [4.69, 9.17) is 0 Å². The minimum absolute atomic E-state index is 0.0508. The molecule has 0 atom stereocenters. The Morgan fingerprint density at radius 2 is 1.75 bits per heavy atom. The van der Waals surface area contributed by atoms with Gasteiger partial charge in [-0.25, -0.2) is 0 Å². The standard InChI is InChI=1S/C15H13O/c1-12-6-5-9-14(10-12)15(16)11-13-7-3-2-4-8-13/h2-11H,1H3. The van der Waals surface area contributed by atoms with Gasteiger partial charge in [-0.3, -0.25) is 4.79 Å². The van der Waals surface area contributed by atoms with Crippen molar-refractivity contribution in [2.24, 2.45) is 0 Å². The molecule has 0 bridgehead atoms. The molecule has 0 aliphatic carbocycles. The van der Waals surface area contributed by atoms with Gasteiger partial charge in [0.2, 0.25) is 0 Å². The van der Waals surface area contributed by atoms with Crippen LogP contribution in [-0.4, -0.2) is 5.78 Å². The molecule has 0 saturated carbocycles. The maximum Gasteiger partial charge on any atom is 0.171 e. The first-order valence-corrected chi connectivity index (χ1v) is 5.26. The summed E-state index contributed by atoms with van der Waals surface area (Å²) in [4.78, 5) is 11.9. The molecule has 0 fully saturated rings. The van der Waals surface area contributed by atoms with Crippen LogP contribution in [0.4, 0.5) is 0 Å². The molecule has 2 aromatic carbocycles. The van der Waals surface area contributed by atoms with E-state index in [2.05, 4.69) is 0 Å². The van der Waals surface area contributed by atoms with Gasteiger partial charge in [0.15, 0.2) is 5.78 Å². The molecule has 79 valence electrons. The van der Waals surface area contributed by atoms with Gasteiger partial charge in [0, 0.05) is 5.56 Å². The van der Waals surface area contributed by atoms with Crippen LogP contribution in [0.25, 0.3) is 0 Å². The van der Waals surface area contributed by atoms with Gasteiger partial charge in [0.05, 0.1) is 6.42 Å². The quantitative estimate of drug-likeness (QED) is 0.708. The smallest absolute Gasteiger partial charge is 0.171 e. The van der Waals surface area contributed by atoms with Crippen LogP contribution in [-0.2, 0) is 0 Å². The maximum atomic E-state index is 11.9. The Bertz CT molecular complexity index is 486. The Hall–Kier alpha value is -1.89. The van der Waals surface area contributed by atoms with E-state index in [1.807, 2.05) is 61.5 Å². The third kappa shape index (κ3) is 2.57. The van der Waals surface area contributed by atoms with Crippen molar-refractivity contribution in [1.29, 1.82) is 0 Å². The van der Waals surface area contributed by atoms with Crippen LogP contribution in [0.1, 0.15) is 21.5 Å². The molecule has 0 unspecified atom stereocenters. The Kier molecular flexibility index (Phi) is 3.16. The number of rotatable bonds is 3. The summed E-state index contributed by atoms with van der Waals surface area (Å²) in [5.74, 6) is 0.0508. The van der Waals surface area contributed by atoms with E-state index in [1.165, 1.54) is 0 Å². The lowest BCUT2D eigenvalue weighted by atomic mass is 10.0. The summed E-state index contributed by atoms with van der Waals surface area (Å²) in [6, 6.07) is 17.3. The lowest BCUT2D eigenvalue weighted by Crippen LogP contribution is -2.00. The molecule has 1 heteroatoms.